The van der Waals surface area contributed by atoms with Gasteiger partial charge in [-0.2, -0.15) is 16.8 Å². The van der Waals surface area contributed by atoms with Crippen LogP contribution in [0.25, 0.3) is 0 Å². The Labute approximate surface area is 55.2 Å². The van der Waals surface area contributed by atoms with E-state index in [4.69, 9.17) is 0 Å². The average Bonchev–Trinajstić information content (AvgIpc) is 1.63. The van der Waals surface area contributed by atoms with Gasteiger partial charge in [0.1, 0.15) is 0 Å². The predicted molar refractivity (Wildman–Crippen MR) is 34.6 cm³/mol. The lowest BCUT2D eigenvalue weighted by Gasteiger charge is -1.62. The van der Waals surface area contributed by atoms with E-state index >= 15 is 0 Å². The van der Waals surface area contributed by atoms with Crippen LogP contribution in [0.5, 0.6) is 0 Å². The number of rotatable bonds is 2. The zero-order valence-electron chi connectivity index (χ0n) is 4.31. The number of hydrogen-bond donors (Lipinski definition) is 0. The molecule has 6 heteroatoms. The van der Waals surface area contributed by atoms with Gasteiger partial charge in [0, 0.05) is 17.2 Å². The Balaban J connectivity index is 4.14. The van der Waals surface area contributed by atoms with Crippen LogP contribution in [0, 0.1) is 0 Å². The summed E-state index contributed by atoms with van der Waals surface area (Å²) in [5.41, 5.74) is 0. The summed E-state index contributed by atoms with van der Waals surface area (Å²) in [6, 6.07) is 0. The van der Waals surface area contributed by atoms with Crippen molar-refractivity contribution in [3.8, 4) is 0 Å². The van der Waals surface area contributed by atoms with Gasteiger partial charge in [-0.3, -0.25) is 0 Å². The van der Waals surface area contributed by atoms with Crippen molar-refractivity contribution in [2.45, 2.75) is 6.42 Å². The van der Waals surface area contributed by atoms with Gasteiger partial charge >= 0.3 is 0 Å². The summed E-state index contributed by atoms with van der Waals surface area (Å²) < 4.78 is 38.8. The van der Waals surface area contributed by atoms with Crippen molar-refractivity contribution in [3.63, 3.8) is 0 Å². The molecule has 0 atom stereocenters. The highest BCUT2D eigenvalue weighted by atomic mass is 32.2. The molecule has 0 aliphatic rings. The van der Waals surface area contributed by atoms with Crippen LogP contribution in [0.1, 0.15) is 6.42 Å². The Morgan fingerprint density at radius 3 is 1.44 bits per heavy atom. The third-order valence-corrected chi connectivity index (χ3v) is 1.39. The van der Waals surface area contributed by atoms with E-state index in [0.29, 0.717) is 0 Å². The molecule has 0 N–H and O–H groups in total. The van der Waals surface area contributed by atoms with Crippen LogP contribution >= 0.6 is 0 Å². The van der Waals surface area contributed by atoms with Crippen LogP contribution in [0.3, 0.4) is 0 Å². The standard InChI is InChI=1S/C3H4O4S2/c4-8(5)2-1-3-9(6)7/h2-3H,1H2. The zero-order valence-corrected chi connectivity index (χ0v) is 5.94. The molecule has 0 unspecified atom stereocenters. The highest BCUT2D eigenvalue weighted by Crippen LogP contribution is 1.59. The Morgan fingerprint density at radius 2 is 1.22 bits per heavy atom. The molecule has 0 saturated carbocycles. The van der Waals surface area contributed by atoms with E-state index in [9.17, 15) is 16.8 Å². The Morgan fingerprint density at radius 1 is 0.889 bits per heavy atom. The van der Waals surface area contributed by atoms with Crippen LogP contribution in [0.15, 0.2) is 0 Å². The predicted octanol–water partition coefficient (Wildman–Crippen LogP) is -1.26. The molecule has 0 heterocycles. The van der Waals surface area contributed by atoms with E-state index in [2.05, 4.69) is 0 Å². The second kappa shape index (κ2) is 4.28. The topological polar surface area (TPSA) is 68.3 Å². The van der Waals surface area contributed by atoms with Crippen molar-refractivity contribution in [2.75, 3.05) is 0 Å². The summed E-state index contributed by atoms with van der Waals surface area (Å²) >= 11 is 0. The third kappa shape index (κ3) is 7.38. The molecule has 0 amide bonds. The Hall–Kier alpha value is -0.620. The molecule has 0 saturated heterocycles. The smallest absolute Gasteiger partial charge is 0.185 e. The maximum Gasteiger partial charge on any atom is 0.210 e. The largest absolute Gasteiger partial charge is 0.210 e. The van der Waals surface area contributed by atoms with Gasteiger partial charge in [-0.1, -0.05) is 0 Å². The molecule has 0 aromatic rings. The summed E-state index contributed by atoms with van der Waals surface area (Å²) in [4.78, 5) is 0. The maximum absolute atomic E-state index is 9.70. The monoisotopic (exact) mass is 168 g/mol. The summed E-state index contributed by atoms with van der Waals surface area (Å²) in [6.07, 6.45) is -0.0633. The molecule has 0 fully saturated rings. The summed E-state index contributed by atoms with van der Waals surface area (Å²) in [7, 11) is -4.52. The van der Waals surface area contributed by atoms with Crippen LogP contribution in [0.2, 0.25) is 0 Å². The first-order chi connectivity index (χ1) is 4.13. The van der Waals surface area contributed by atoms with Gasteiger partial charge in [0.2, 0.25) is 20.6 Å². The summed E-state index contributed by atoms with van der Waals surface area (Å²) in [6.45, 7) is 0. The van der Waals surface area contributed by atoms with Gasteiger partial charge in [-0.05, 0) is 0 Å². The first kappa shape index (κ1) is 8.38. The fourth-order valence-electron chi connectivity index (χ4n) is 0.196. The van der Waals surface area contributed by atoms with Crippen LogP contribution < -0.4 is 0 Å². The summed E-state index contributed by atoms with van der Waals surface area (Å²) in [5.74, 6) is 0. The summed E-state index contributed by atoms with van der Waals surface area (Å²) in [5, 5.41) is 1.71. The number of hydrogen-bond acceptors (Lipinski definition) is 4. The molecular formula is C3H4O4S2. The van der Waals surface area contributed by atoms with Crippen LogP contribution in [0.4, 0.5) is 0 Å². The highest BCUT2D eigenvalue weighted by Gasteiger charge is 1.72. The molecule has 0 aliphatic carbocycles. The Bertz CT molecular complexity index is 267. The van der Waals surface area contributed by atoms with E-state index in [1.54, 1.807) is 0 Å². The van der Waals surface area contributed by atoms with Gasteiger partial charge < -0.3 is 0 Å². The van der Waals surface area contributed by atoms with E-state index < -0.39 is 20.6 Å². The minimum Gasteiger partial charge on any atom is -0.185 e. The molecule has 9 heavy (non-hydrogen) atoms. The van der Waals surface area contributed by atoms with E-state index in [-0.39, 0.29) is 6.42 Å². The van der Waals surface area contributed by atoms with Gasteiger partial charge in [0.05, 0.1) is 0 Å². The normalized spacial score (nSPS) is 8.00. The SMILES string of the molecule is O=S(=O)=CCC=S(=O)=O. The van der Waals surface area contributed by atoms with Crippen molar-refractivity contribution in [2.24, 2.45) is 0 Å². The molecule has 0 bridgehead atoms. The zero-order chi connectivity index (χ0) is 7.28. The third-order valence-electron chi connectivity index (χ3n) is 0.465. The van der Waals surface area contributed by atoms with E-state index in [0.717, 1.165) is 10.7 Å². The van der Waals surface area contributed by atoms with E-state index in [1.807, 2.05) is 0 Å². The van der Waals surface area contributed by atoms with Crippen molar-refractivity contribution >= 4 is 31.3 Å². The quantitative estimate of drug-likeness (QED) is 0.482. The minimum absolute atomic E-state index is 0.0633. The molecule has 0 aromatic heterocycles. The first-order valence-corrected chi connectivity index (χ1v) is 4.23. The molecule has 4 nitrogen and oxygen atoms in total. The Kier molecular flexibility index (Phi) is 3.98. The van der Waals surface area contributed by atoms with Gasteiger partial charge in [-0.15, -0.1) is 0 Å². The molecular weight excluding hydrogens is 164 g/mol. The van der Waals surface area contributed by atoms with Crippen molar-refractivity contribution < 1.29 is 16.8 Å². The van der Waals surface area contributed by atoms with Crippen molar-refractivity contribution in [1.29, 1.82) is 0 Å². The highest BCUT2D eigenvalue weighted by molar-refractivity contribution is 7.73. The molecule has 0 aliphatic heterocycles. The maximum atomic E-state index is 9.70. The van der Waals surface area contributed by atoms with Crippen molar-refractivity contribution in [1.82, 2.24) is 0 Å². The van der Waals surface area contributed by atoms with Crippen molar-refractivity contribution in [3.05, 3.63) is 0 Å². The average molecular weight is 168 g/mol. The van der Waals surface area contributed by atoms with Crippen LogP contribution in [-0.2, 0) is 20.6 Å². The second-order valence-electron chi connectivity index (χ2n) is 1.09. The van der Waals surface area contributed by atoms with Gasteiger partial charge in [-0.25, -0.2) is 0 Å². The lowest BCUT2D eigenvalue weighted by Crippen LogP contribution is -1.78. The van der Waals surface area contributed by atoms with Gasteiger partial charge in [0.15, 0.2) is 0 Å². The van der Waals surface area contributed by atoms with Gasteiger partial charge in [0.25, 0.3) is 0 Å². The second-order valence-corrected chi connectivity index (χ2v) is 2.80. The van der Waals surface area contributed by atoms with E-state index in [1.165, 1.54) is 0 Å². The fourth-order valence-corrected chi connectivity index (χ4v) is 0.825. The molecule has 0 aromatic carbocycles. The molecule has 0 rings (SSSR count). The molecule has 0 radical (unpaired) electrons. The first-order valence-electron chi connectivity index (χ1n) is 1.95. The van der Waals surface area contributed by atoms with Crippen LogP contribution in [-0.4, -0.2) is 27.6 Å². The lowest BCUT2D eigenvalue weighted by atomic mass is 10.6. The fraction of sp³-hybridized carbons (Fsp3) is 0.333. The molecule has 52 valence electrons. The minimum atomic E-state index is -2.26. The lowest BCUT2D eigenvalue weighted by molar-refractivity contribution is 0.626. The molecule has 0 spiro atoms.